The maximum atomic E-state index is 6.10. The Morgan fingerprint density at radius 3 is 2.70 bits per heavy atom. The van der Waals surface area contributed by atoms with E-state index >= 15 is 0 Å². The molecule has 0 radical (unpaired) electrons. The lowest BCUT2D eigenvalue weighted by Gasteiger charge is -2.37. The second kappa shape index (κ2) is 4.46. The molecule has 20 heavy (non-hydrogen) atoms. The van der Waals surface area contributed by atoms with E-state index in [9.17, 15) is 0 Å². The molecule has 0 bridgehead atoms. The molecule has 2 heteroatoms. The fourth-order valence-corrected chi connectivity index (χ4v) is 5.69. The number of epoxide rings is 2. The minimum Gasteiger partial charge on any atom is -0.366 e. The number of hydrogen-bond acceptors (Lipinski definition) is 2. The predicted octanol–water partition coefficient (Wildman–Crippen LogP) is 4.32. The third kappa shape index (κ3) is 1.90. The average Bonchev–Trinajstić information content (AvgIpc) is 3.32. The predicted molar refractivity (Wildman–Crippen MR) is 79.6 cm³/mol. The standard InChI is InChI=1S/C18H30O2/c1-4-13(14-7-6-9-17(3)16(14)20-17)12-8-10-18(5-2)15(11-12)19-18/h12-16H,4-11H2,1-3H3. The summed E-state index contributed by atoms with van der Waals surface area (Å²) in [7, 11) is 0. The Kier molecular flexibility index (Phi) is 3.03. The monoisotopic (exact) mass is 278 g/mol. The molecule has 4 fully saturated rings. The van der Waals surface area contributed by atoms with Crippen LogP contribution in [0.25, 0.3) is 0 Å². The molecular formula is C18H30O2. The van der Waals surface area contributed by atoms with Crippen molar-refractivity contribution in [3.05, 3.63) is 0 Å². The second-order valence-electron chi connectivity index (χ2n) is 8.04. The van der Waals surface area contributed by atoms with Crippen LogP contribution in [0.4, 0.5) is 0 Å². The second-order valence-corrected chi connectivity index (χ2v) is 8.04. The first kappa shape index (κ1) is 13.6. The van der Waals surface area contributed by atoms with Crippen LogP contribution in [0.1, 0.15) is 72.1 Å². The highest BCUT2D eigenvalue weighted by molar-refractivity contribution is 5.10. The van der Waals surface area contributed by atoms with Crippen molar-refractivity contribution in [2.75, 3.05) is 0 Å². The first-order valence-corrected chi connectivity index (χ1v) is 8.97. The van der Waals surface area contributed by atoms with Gasteiger partial charge in [0.1, 0.15) is 0 Å². The third-order valence-corrected chi connectivity index (χ3v) is 7.13. The summed E-state index contributed by atoms with van der Waals surface area (Å²) in [5.41, 5.74) is 0.570. The van der Waals surface area contributed by atoms with Crippen molar-refractivity contribution in [3.8, 4) is 0 Å². The Labute approximate surface area is 123 Å². The molecule has 2 saturated carbocycles. The molecule has 0 spiro atoms. The summed E-state index contributed by atoms with van der Waals surface area (Å²) in [6, 6.07) is 0. The van der Waals surface area contributed by atoms with Gasteiger partial charge in [0.15, 0.2) is 0 Å². The van der Waals surface area contributed by atoms with Crippen LogP contribution in [0, 0.1) is 17.8 Å². The molecule has 0 amide bonds. The van der Waals surface area contributed by atoms with Gasteiger partial charge in [-0.2, -0.15) is 0 Å². The van der Waals surface area contributed by atoms with E-state index in [0.29, 0.717) is 17.8 Å². The van der Waals surface area contributed by atoms with E-state index in [-0.39, 0.29) is 5.60 Å². The van der Waals surface area contributed by atoms with Crippen molar-refractivity contribution in [3.63, 3.8) is 0 Å². The van der Waals surface area contributed by atoms with Crippen molar-refractivity contribution < 1.29 is 9.47 Å². The van der Waals surface area contributed by atoms with Gasteiger partial charge in [0.25, 0.3) is 0 Å². The summed E-state index contributed by atoms with van der Waals surface area (Å²) >= 11 is 0. The molecule has 4 aliphatic rings. The molecule has 2 saturated heterocycles. The minimum atomic E-state index is 0.258. The maximum Gasteiger partial charge on any atom is 0.0946 e. The van der Waals surface area contributed by atoms with Crippen LogP contribution in [0.15, 0.2) is 0 Å². The molecule has 0 N–H and O–H groups in total. The smallest absolute Gasteiger partial charge is 0.0946 e. The first-order valence-electron chi connectivity index (χ1n) is 8.97. The van der Waals surface area contributed by atoms with Crippen molar-refractivity contribution in [2.24, 2.45) is 17.8 Å². The molecule has 2 aliphatic carbocycles. The molecule has 7 atom stereocenters. The Balaban J connectivity index is 1.44. The van der Waals surface area contributed by atoms with Gasteiger partial charge in [0, 0.05) is 0 Å². The third-order valence-electron chi connectivity index (χ3n) is 7.13. The van der Waals surface area contributed by atoms with Gasteiger partial charge in [-0.05, 0) is 63.2 Å². The van der Waals surface area contributed by atoms with Crippen LogP contribution in [0.5, 0.6) is 0 Å². The summed E-state index contributed by atoms with van der Waals surface area (Å²) in [6.45, 7) is 7.03. The van der Waals surface area contributed by atoms with Gasteiger partial charge < -0.3 is 9.47 Å². The van der Waals surface area contributed by atoms with Crippen molar-refractivity contribution in [2.45, 2.75) is 95.5 Å². The zero-order valence-electron chi connectivity index (χ0n) is 13.4. The molecule has 114 valence electrons. The molecular weight excluding hydrogens is 248 g/mol. The summed E-state index contributed by atoms with van der Waals surface area (Å²) in [5.74, 6) is 2.60. The van der Waals surface area contributed by atoms with Crippen LogP contribution in [-0.2, 0) is 9.47 Å². The number of ether oxygens (including phenoxy) is 2. The van der Waals surface area contributed by atoms with E-state index in [0.717, 1.165) is 17.8 Å². The van der Waals surface area contributed by atoms with E-state index in [1.807, 2.05) is 0 Å². The average molecular weight is 278 g/mol. The molecule has 0 aromatic carbocycles. The lowest BCUT2D eigenvalue weighted by atomic mass is 9.65. The van der Waals surface area contributed by atoms with Gasteiger partial charge in [-0.25, -0.2) is 0 Å². The summed E-state index contributed by atoms with van der Waals surface area (Å²) < 4.78 is 12.2. The quantitative estimate of drug-likeness (QED) is 0.716. The van der Waals surface area contributed by atoms with Gasteiger partial charge in [-0.15, -0.1) is 0 Å². The largest absolute Gasteiger partial charge is 0.366 e. The summed E-state index contributed by atoms with van der Waals surface area (Å²) in [4.78, 5) is 0. The number of hydrogen-bond donors (Lipinski definition) is 0. The van der Waals surface area contributed by atoms with Gasteiger partial charge >= 0.3 is 0 Å². The van der Waals surface area contributed by atoms with Crippen molar-refractivity contribution in [1.29, 1.82) is 0 Å². The lowest BCUT2D eigenvalue weighted by molar-refractivity contribution is 0.133. The van der Waals surface area contributed by atoms with E-state index in [1.165, 1.54) is 51.4 Å². The highest BCUT2D eigenvalue weighted by Crippen LogP contribution is 2.58. The van der Waals surface area contributed by atoms with E-state index < -0.39 is 0 Å². The molecule has 0 aromatic rings. The van der Waals surface area contributed by atoms with Crippen molar-refractivity contribution >= 4 is 0 Å². The Bertz CT molecular complexity index is 395. The van der Waals surface area contributed by atoms with E-state index in [2.05, 4.69) is 20.8 Å². The SMILES string of the molecule is CCC(C1CCC2(CC)OC2C1)C1CCCC2(C)OC12. The van der Waals surface area contributed by atoms with Gasteiger partial charge in [0.05, 0.1) is 23.4 Å². The van der Waals surface area contributed by atoms with E-state index in [1.54, 1.807) is 0 Å². The molecule has 2 nitrogen and oxygen atoms in total. The van der Waals surface area contributed by atoms with Crippen LogP contribution < -0.4 is 0 Å². The molecule has 0 aromatic heterocycles. The summed E-state index contributed by atoms with van der Waals surface area (Å²) in [6.07, 6.45) is 11.8. The van der Waals surface area contributed by atoms with Crippen LogP contribution in [0.2, 0.25) is 0 Å². The lowest BCUT2D eigenvalue weighted by Crippen LogP contribution is -2.36. The minimum absolute atomic E-state index is 0.258. The van der Waals surface area contributed by atoms with Crippen LogP contribution in [0.3, 0.4) is 0 Å². The molecule has 7 unspecified atom stereocenters. The Morgan fingerprint density at radius 2 is 2.00 bits per heavy atom. The Morgan fingerprint density at radius 1 is 1.15 bits per heavy atom. The zero-order valence-corrected chi connectivity index (χ0v) is 13.4. The van der Waals surface area contributed by atoms with Crippen LogP contribution in [-0.4, -0.2) is 23.4 Å². The Hall–Kier alpha value is -0.0800. The fraction of sp³-hybridized carbons (Fsp3) is 1.00. The highest BCUT2D eigenvalue weighted by Gasteiger charge is 2.62. The van der Waals surface area contributed by atoms with Gasteiger partial charge in [-0.3, -0.25) is 0 Å². The van der Waals surface area contributed by atoms with Crippen molar-refractivity contribution in [1.82, 2.24) is 0 Å². The fourth-order valence-electron chi connectivity index (χ4n) is 5.69. The zero-order chi connectivity index (χ0) is 14.0. The molecule has 4 rings (SSSR count). The van der Waals surface area contributed by atoms with Gasteiger partial charge in [-0.1, -0.05) is 26.7 Å². The van der Waals surface area contributed by atoms with Crippen LogP contribution >= 0.6 is 0 Å². The highest BCUT2D eigenvalue weighted by atomic mass is 16.6. The summed E-state index contributed by atoms with van der Waals surface area (Å²) in [5, 5.41) is 0. The first-order chi connectivity index (χ1) is 9.62. The maximum absolute atomic E-state index is 6.10. The normalized spacial score (nSPS) is 54.8. The van der Waals surface area contributed by atoms with E-state index in [4.69, 9.17) is 9.47 Å². The number of rotatable bonds is 4. The molecule has 2 heterocycles. The van der Waals surface area contributed by atoms with Gasteiger partial charge in [0.2, 0.25) is 0 Å². The number of fused-ring (bicyclic) bond motifs is 2. The topological polar surface area (TPSA) is 25.1 Å². The molecule has 2 aliphatic heterocycles.